The van der Waals surface area contributed by atoms with Crippen molar-refractivity contribution in [3.05, 3.63) is 48.0 Å². The number of para-hydroxylation sites is 1. The number of likely N-dealkylation sites (N-methyl/N-ethyl adjacent to an activating group) is 1. The first-order valence-corrected chi connectivity index (χ1v) is 15.2. The highest BCUT2D eigenvalue weighted by molar-refractivity contribution is 7.89. The van der Waals surface area contributed by atoms with Gasteiger partial charge in [0.15, 0.2) is 5.13 Å². The number of amides is 1. The van der Waals surface area contributed by atoms with E-state index in [1.54, 1.807) is 29.2 Å². The number of hydrogen-bond donors (Lipinski definition) is 0. The summed E-state index contributed by atoms with van der Waals surface area (Å²) in [6, 6.07) is 11.8. The molecule has 3 aromatic rings. The first-order chi connectivity index (χ1) is 17.8. The van der Waals surface area contributed by atoms with E-state index in [2.05, 4.69) is 18.7 Å². The predicted molar refractivity (Wildman–Crippen MR) is 149 cm³/mol. The standard InChI is InChI=1S/C27H36N4O4S2/c1-5-29(6-2)18-19-30(27-28-25-23(35-7-3)11-8-12-24(25)36-27)26(32)22-10-9-17-31(22)37(33,34)21-15-13-20(4)14-16-21/h8,11-16,22H,5-7,9-10,17-19H2,1-4H3. The molecule has 37 heavy (non-hydrogen) atoms. The SMILES string of the molecule is CCOc1cccc2sc(N(CCN(CC)CC)C(=O)C3CCCN3S(=O)(=O)c3ccc(C)cc3)nc12. The second-order valence-corrected chi connectivity index (χ2v) is 12.0. The molecule has 1 amide bonds. The molecule has 1 aliphatic heterocycles. The molecule has 1 unspecified atom stereocenters. The lowest BCUT2D eigenvalue weighted by Crippen LogP contribution is -2.49. The van der Waals surface area contributed by atoms with E-state index in [0.717, 1.165) is 28.9 Å². The normalized spacial score (nSPS) is 16.5. The highest BCUT2D eigenvalue weighted by atomic mass is 32.2. The molecule has 1 saturated heterocycles. The van der Waals surface area contributed by atoms with Gasteiger partial charge in [0.2, 0.25) is 15.9 Å². The molecular formula is C27H36N4O4S2. The second kappa shape index (κ2) is 11.9. The number of carbonyl (C=O) groups is 1. The van der Waals surface area contributed by atoms with E-state index in [9.17, 15) is 13.2 Å². The van der Waals surface area contributed by atoms with Gasteiger partial charge in [-0.3, -0.25) is 9.69 Å². The van der Waals surface area contributed by atoms with Crippen LogP contribution in [0.4, 0.5) is 5.13 Å². The highest BCUT2D eigenvalue weighted by Gasteiger charge is 2.42. The van der Waals surface area contributed by atoms with Gasteiger partial charge >= 0.3 is 0 Å². The minimum absolute atomic E-state index is 0.217. The average molecular weight is 545 g/mol. The molecule has 1 fully saturated rings. The Morgan fingerprint density at radius 2 is 1.84 bits per heavy atom. The van der Waals surface area contributed by atoms with Gasteiger partial charge in [-0.15, -0.1) is 0 Å². The van der Waals surface area contributed by atoms with Gasteiger partial charge in [-0.2, -0.15) is 4.31 Å². The Hall–Kier alpha value is -2.53. The fourth-order valence-corrected chi connectivity index (χ4v) is 7.35. The van der Waals surface area contributed by atoms with Crippen molar-refractivity contribution < 1.29 is 17.9 Å². The number of sulfonamides is 1. The van der Waals surface area contributed by atoms with Crippen LogP contribution >= 0.6 is 11.3 Å². The van der Waals surface area contributed by atoms with E-state index < -0.39 is 16.1 Å². The number of benzene rings is 2. The van der Waals surface area contributed by atoms with Gasteiger partial charge in [0.05, 0.1) is 16.2 Å². The van der Waals surface area contributed by atoms with Gasteiger partial charge in [0, 0.05) is 19.6 Å². The second-order valence-electron chi connectivity index (χ2n) is 9.14. The number of aromatic nitrogens is 1. The lowest BCUT2D eigenvalue weighted by atomic mass is 10.2. The van der Waals surface area contributed by atoms with Crippen molar-refractivity contribution >= 4 is 42.6 Å². The lowest BCUT2D eigenvalue weighted by Gasteiger charge is -2.30. The fraction of sp³-hybridized carbons (Fsp3) is 0.481. The molecule has 1 aromatic heterocycles. The molecule has 0 saturated carbocycles. The van der Waals surface area contributed by atoms with Crippen molar-refractivity contribution in [1.29, 1.82) is 0 Å². The van der Waals surface area contributed by atoms with Crippen molar-refractivity contribution in [1.82, 2.24) is 14.2 Å². The molecule has 1 atom stereocenters. The molecule has 0 N–H and O–H groups in total. The monoisotopic (exact) mass is 544 g/mol. The summed E-state index contributed by atoms with van der Waals surface area (Å²) >= 11 is 1.43. The van der Waals surface area contributed by atoms with Crippen LogP contribution in [0.5, 0.6) is 5.75 Å². The molecule has 10 heteroatoms. The number of rotatable bonds is 11. The first-order valence-electron chi connectivity index (χ1n) is 12.9. The van der Waals surface area contributed by atoms with Crippen LogP contribution in [0.15, 0.2) is 47.4 Å². The van der Waals surface area contributed by atoms with Crippen LogP contribution in [-0.2, 0) is 14.8 Å². The Bertz CT molecular complexity index is 1320. The minimum atomic E-state index is -3.81. The van der Waals surface area contributed by atoms with Crippen LogP contribution in [0.25, 0.3) is 10.2 Å². The number of ether oxygens (including phenoxy) is 1. The Labute approximate surface area is 223 Å². The smallest absolute Gasteiger partial charge is 0.247 e. The number of hydrogen-bond acceptors (Lipinski definition) is 7. The van der Waals surface area contributed by atoms with Crippen molar-refractivity contribution in [2.75, 3.05) is 44.2 Å². The molecule has 0 aliphatic carbocycles. The number of carbonyl (C=O) groups excluding carboxylic acids is 1. The van der Waals surface area contributed by atoms with Gasteiger partial charge in [0.25, 0.3) is 0 Å². The molecule has 8 nitrogen and oxygen atoms in total. The molecule has 0 bridgehead atoms. The van der Waals surface area contributed by atoms with E-state index in [4.69, 9.17) is 9.72 Å². The topological polar surface area (TPSA) is 83.0 Å². The number of anilines is 1. The number of nitrogens with zero attached hydrogens (tertiary/aromatic N) is 4. The van der Waals surface area contributed by atoms with Crippen LogP contribution < -0.4 is 9.64 Å². The van der Waals surface area contributed by atoms with Gasteiger partial charge < -0.3 is 9.64 Å². The summed E-state index contributed by atoms with van der Waals surface area (Å²) in [7, 11) is -3.81. The van der Waals surface area contributed by atoms with Crippen molar-refractivity contribution in [3.8, 4) is 5.75 Å². The predicted octanol–water partition coefficient (Wildman–Crippen LogP) is 4.53. The molecule has 1 aliphatic rings. The number of fused-ring (bicyclic) bond motifs is 1. The third-order valence-electron chi connectivity index (χ3n) is 6.82. The minimum Gasteiger partial charge on any atom is -0.492 e. The number of aryl methyl sites for hydroxylation is 1. The van der Waals surface area contributed by atoms with Gasteiger partial charge in [0.1, 0.15) is 17.3 Å². The van der Waals surface area contributed by atoms with E-state index >= 15 is 0 Å². The quantitative estimate of drug-likeness (QED) is 0.353. The summed E-state index contributed by atoms with van der Waals surface area (Å²) in [6.07, 6.45) is 1.13. The van der Waals surface area contributed by atoms with Crippen LogP contribution in [0.3, 0.4) is 0 Å². The van der Waals surface area contributed by atoms with E-state index in [-0.39, 0.29) is 10.8 Å². The highest BCUT2D eigenvalue weighted by Crippen LogP contribution is 2.36. The van der Waals surface area contributed by atoms with E-state index in [1.165, 1.54) is 15.6 Å². The van der Waals surface area contributed by atoms with E-state index in [0.29, 0.717) is 50.0 Å². The van der Waals surface area contributed by atoms with Crippen LogP contribution in [0, 0.1) is 6.92 Å². The Morgan fingerprint density at radius 1 is 1.11 bits per heavy atom. The average Bonchev–Trinajstić information content (AvgIpc) is 3.55. The summed E-state index contributed by atoms with van der Waals surface area (Å²) in [5, 5.41) is 0.568. The first kappa shape index (κ1) is 27.5. The van der Waals surface area contributed by atoms with Crippen molar-refractivity contribution in [2.24, 2.45) is 0 Å². The number of thiazole rings is 1. The van der Waals surface area contributed by atoms with Gasteiger partial charge in [-0.05, 0) is 64.0 Å². The zero-order chi connectivity index (χ0) is 26.6. The fourth-order valence-electron chi connectivity index (χ4n) is 4.68. The summed E-state index contributed by atoms with van der Waals surface area (Å²) in [4.78, 5) is 23.1. The third kappa shape index (κ3) is 5.82. The Morgan fingerprint density at radius 3 is 2.51 bits per heavy atom. The maximum absolute atomic E-state index is 14.1. The summed E-state index contributed by atoms with van der Waals surface area (Å²) in [5.74, 6) is 0.459. The zero-order valence-corrected chi connectivity index (χ0v) is 23.6. The van der Waals surface area contributed by atoms with Gasteiger partial charge in [-0.25, -0.2) is 13.4 Å². The molecule has 0 spiro atoms. The lowest BCUT2D eigenvalue weighted by molar-refractivity contribution is -0.121. The van der Waals surface area contributed by atoms with Crippen molar-refractivity contribution in [2.45, 2.75) is 51.5 Å². The third-order valence-corrected chi connectivity index (χ3v) is 9.78. The molecular weight excluding hydrogens is 508 g/mol. The van der Waals surface area contributed by atoms with Crippen LogP contribution in [-0.4, -0.2) is 73.9 Å². The molecule has 0 radical (unpaired) electrons. The maximum Gasteiger partial charge on any atom is 0.247 e. The molecule has 2 heterocycles. The summed E-state index contributed by atoms with van der Waals surface area (Å²) in [5.41, 5.74) is 1.71. The molecule has 4 rings (SSSR count). The molecule has 2 aromatic carbocycles. The molecule has 200 valence electrons. The zero-order valence-electron chi connectivity index (χ0n) is 22.0. The maximum atomic E-state index is 14.1. The summed E-state index contributed by atoms with van der Waals surface area (Å²) < 4.78 is 35.2. The van der Waals surface area contributed by atoms with Crippen LogP contribution in [0.1, 0.15) is 39.2 Å². The van der Waals surface area contributed by atoms with Crippen LogP contribution in [0.2, 0.25) is 0 Å². The van der Waals surface area contributed by atoms with Crippen molar-refractivity contribution in [3.63, 3.8) is 0 Å². The largest absolute Gasteiger partial charge is 0.492 e. The Balaban J connectivity index is 1.69. The Kier molecular flexibility index (Phi) is 8.84. The summed E-state index contributed by atoms with van der Waals surface area (Å²) in [6.45, 7) is 11.7. The van der Waals surface area contributed by atoms with E-state index in [1.807, 2.05) is 32.0 Å². The van der Waals surface area contributed by atoms with Gasteiger partial charge in [-0.1, -0.05) is 48.9 Å².